The third-order valence-electron chi connectivity index (χ3n) is 3.85. The first-order chi connectivity index (χ1) is 11.8. The van der Waals surface area contributed by atoms with E-state index in [0.717, 1.165) is 4.88 Å². The highest BCUT2D eigenvalue weighted by Crippen LogP contribution is 2.38. The largest absolute Gasteiger partial charge is 0.614 e. The topological polar surface area (TPSA) is 110 Å². The van der Waals surface area contributed by atoms with Crippen molar-refractivity contribution in [2.24, 2.45) is 0 Å². The SMILES string of the molecule is O=C(Cc1cccs1)NC1C(=O)N2C(C(=O)O)=C(C(F)F)C[S+]([O-])[C@H]12. The predicted molar refractivity (Wildman–Crippen MR) is 84.3 cm³/mol. The number of fused-ring (bicyclic) bond motifs is 1. The summed E-state index contributed by atoms with van der Waals surface area (Å²) < 4.78 is 38.2. The van der Waals surface area contributed by atoms with E-state index in [2.05, 4.69) is 5.32 Å². The molecule has 2 aliphatic rings. The summed E-state index contributed by atoms with van der Waals surface area (Å²) in [5.74, 6) is -3.68. The zero-order valence-corrected chi connectivity index (χ0v) is 14.1. The summed E-state index contributed by atoms with van der Waals surface area (Å²) in [5.41, 5.74) is -1.67. The van der Waals surface area contributed by atoms with Gasteiger partial charge in [-0.2, -0.15) is 0 Å². The van der Waals surface area contributed by atoms with Gasteiger partial charge in [-0.1, -0.05) is 6.07 Å². The molecule has 0 radical (unpaired) electrons. The summed E-state index contributed by atoms with van der Waals surface area (Å²) in [6.07, 6.45) is -3.11. The second kappa shape index (κ2) is 6.73. The minimum absolute atomic E-state index is 0.0186. The molecule has 3 heterocycles. The Hall–Kier alpha value is -1.98. The lowest BCUT2D eigenvalue weighted by Crippen LogP contribution is -2.75. The van der Waals surface area contributed by atoms with E-state index >= 15 is 0 Å². The van der Waals surface area contributed by atoms with Crippen molar-refractivity contribution in [1.29, 1.82) is 0 Å². The average molecular weight is 390 g/mol. The number of amides is 2. The van der Waals surface area contributed by atoms with E-state index in [9.17, 15) is 27.7 Å². The van der Waals surface area contributed by atoms with Crippen LogP contribution in [0.5, 0.6) is 0 Å². The van der Waals surface area contributed by atoms with Crippen LogP contribution < -0.4 is 5.32 Å². The van der Waals surface area contributed by atoms with E-state index in [1.807, 2.05) is 0 Å². The molecule has 11 heteroatoms. The first-order valence-corrected chi connectivity index (χ1v) is 9.34. The minimum Gasteiger partial charge on any atom is -0.614 e. The molecule has 3 rings (SSSR count). The predicted octanol–water partition coefficient (Wildman–Crippen LogP) is 0.310. The summed E-state index contributed by atoms with van der Waals surface area (Å²) in [6.45, 7) is 0. The maximum atomic E-state index is 13.0. The van der Waals surface area contributed by atoms with E-state index in [1.165, 1.54) is 11.3 Å². The summed E-state index contributed by atoms with van der Waals surface area (Å²) in [6, 6.07) is 2.31. The van der Waals surface area contributed by atoms with Gasteiger partial charge in [0.15, 0.2) is 6.04 Å². The molecule has 2 unspecified atom stereocenters. The van der Waals surface area contributed by atoms with Gasteiger partial charge in [-0.25, -0.2) is 13.6 Å². The minimum atomic E-state index is -3.13. The van der Waals surface area contributed by atoms with Crippen LogP contribution >= 0.6 is 11.3 Å². The Labute approximate surface area is 147 Å². The molecule has 2 aliphatic heterocycles. The van der Waals surface area contributed by atoms with Gasteiger partial charge in [0, 0.05) is 4.88 Å². The molecule has 7 nitrogen and oxygen atoms in total. The zero-order chi connectivity index (χ0) is 18.3. The van der Waals surface area contributed by atoms with E-state index in [0.29, 0.717) is 4.90 Å². The Morgan fingerprint density at radius 2 is 2.24 bits per heavy atom. The van der Waals surface area contributed by atoms with E-state index in [-0.39, 0.29) is 6.42 Å². The molecule has 2 amide bonds. The molecule has 1 aromatic rings. The van der Waals surface area contributed by atoms with Crippen molar-refractivity contribution in [3.63, 3.8) is 0 Å². The Bertz CT molecular complexity index is 752. The quantitative estimate of drug-likeness (QED) is 0.556. The van der Waals surface area contributed by atoms with Gasteiger partial charge in [-0.15, -0.1) is 11.3 Å². The van der Waals surface area contributed by atoms with Gasteiger partial charge in [-0.05, 0) is 22.6 Å². The molecule has 0 aliphatic carbocycles. The second-order valence-corrected chi connectivity index (χ2v) is 7.97. The molecular formula is C14H12F2N2O5S2. The van der Waals surface area contributed by atoms with Crippen LogP contribution in [0.3, 0.4) is 0 Å². The van der Waals surface area contributed by atoms with Crippen LogP contribution in [0.15, 0.2) is 28.8 Å². The van der Waals surface area contributed by atoms with Gasteiger partial charge in [0.1, 0.15) is 11.4 Å². The molecule has 0 saturated carbocycles. The molecule has 1 fully saturated rings. The zero-order valence-electron chi connectivity index (χ0n) is 12.5. The molecule has 2 N–H and O–H groups in total. The van der Waals surface area contributed by atoms with Crippen molar-refractivity contribution >= 4 is 40.3 Å². The van der Waals surface area contributed by atoms with Crippen LogP contribution in [0.1, 0.15) is 4.88 Å². The van der Waals surface area contributed by atoms with E-state index in [1.54, 1.807) is 17.5 Å². The Morgan fingerprint density at radius 1 is 1.52 bits per heavy atom. The maximum Gasteiger partial charge on any atom is 0.353 e. The number of carboxylic acids is 1. The molecule has 25 heavy (non-hydrogen) atoms. The van der Waals surface area contributed by atoms with Crippen molar-refractivity contribution in [2.45, 2.75) is 24.3 Å². The number of β-lactam (4-membered cyclic amide) rings is 1. The number of thiophene rings is 1. The third-order valence-corrected chi connectivity index (χ3v) is 6.35. The molecule has 0 bridgehead atoms. The fraction of sp³-hybridized carbons (Fsp3) is 0.357. The Morgan fingerprint density at radius 3 is 2.80 bits per heavy atom. The molecule has 1 aromatic heterocycles. The molecule has 0 spiro atoms. The van der Waals surface area contributed by atoms with Crippen LogP contribution in [0.25, 0.3) is 0 Å². The number of nitrogens with zero attached hydrogens (tertiary/aromatic N) is 1. The maximum absolute atomic E-state index is 13.0. The monoisotopic (exact) mass is 390 g/mol. The number of rotatable bonds is 5. The van der Waals surface area contributed by atoms with Crippen LogP contribution in [0.4, 0.5) is 8.78 Å². The van der Waals surface area contributed by atoms with E-state index < -0.39 is 63.8 Å². The molecule has 0 aromatic carbocycles. The standard InChI is InChI=1S/C14H12F2N2O5S2/c15-11(16)7-5-25(23)13-9(12(20)18(13)10(7)14(21)22)17-8(19)4-6-2-1-3-24-6/h1-3,9,11,13H,4-5H2,(H,17,19)(H,21,22)/t9?,13-,25?/m1/s1. The number of carboxylic acid groups (broad SMARTS) is 1. The van der Waals surface area contributed by atoms with Crippen LogP contribution in [0.2, 0.25) is 0 Å². The van der Waals surface area contributed by atoms with Gasteiger partial charge in [0.2, 0.25) is 11.3 Å². The summed E-state index contributed by atoms with van der Waals surface area (Å²) in [7, 11) is 0. The number of halogens is 2. The number of nitrogens with one attached hydrogen (secondary N) is 1. The highest BCUT2D eigenvalue weighted by molar-refractivity contribution is 7.92. The highest BCUT2D eigenvalue weighted by atomic mass is 32.2. The third kappa shape index (κ3) is 3.14. The van der Waals surface area contributed by atoms with Gasteiger partial charge < -0.3 is 15.0 Å². The van der Waals surface area contributed by atoms with Gasteiger partial charge in [0.05, 0.1) is 12.0 Å². The Balaban J connectivity index is 1.78. The molecular weight excluding hydrogens is 378 g/mol. The summed E-state index contributed by atoms with van der Waals surface area (Å²) in [5, 5.41) is 12.2. The average Bonchev–Trinajstić information content (AvgIpc) is 3.04. The van der Waals surface area contributed by atoms with Crippen molar-refractivity contribution in [3.8, 4) is 0 Å². The lowest BCUT2D eigenvalue weighted by Gasteiger charge is -2.48. The smallest absolute Gasteiger partial charge is 0.353 e. The first kappa shape index (κ1) is 17.8. The summed E-state index contributed by atoms with van der Waals surface area (Å²) in [4.78, 5) is 36.8. The van der Waals surface area contributed by atoms with Crippen LogP contribution in [-0.2, 0) is 32.0 Å². The van der Waals surface area contributed by atoms with Gasteiger partial charge in [0.25, 0.3) is 12.3 Å². The van der Waals surface area contributed by atoms with Crippen molar-refractivity contribution in [1.82, 2.24) is 10.2 Å². The van der Waals surface area contributed by atoms with E-state index in [4.69, 9.17) is 5.11 Å². The normalized spacial score (nSPS) is 25.7. The lowest BCUT2D eigenvalue weighted by atomic mass is 10.0. The number of aliphatic carboxylic acids is 1. The fourth-order valence-electron chi connectivity index (χ4n) is 2.77. The number of alkyl halides is 2. The Kier molecular flexibility index (Phi) is 4.80. The molecule has 1 saturated heterocycles. The lowest BCUT2D eigenvalue weighted by molar-refractivity contribution is -0.151. The summed E-state index contributed by atoms with van der Waals surface area (Å²) >= 11 is -0.579. The number of carbonyl (C=O) groups excluding carboxylic acids is 2. The number of hydrogen-bond acceptors (Lipinski definition) is 5. The first-order valence-electron chi connectivity index (χ1n) is 7.07. The van der Waals surface area contributed by atoms with Crippen LogP contribution in [-0.4, -0.2) is 55.9 Å². The molecule has 3 atom stereocenters. The second-order valence-electron chi connectivity index (χ2n) is 5.40. The number of carbonyl (C=O) groups is 3. The van der Waals surface area contributed by atoms with Gasteiger partial charge in [-0.3, -0.25) is 14.5 Å². The van der Waals surface area contributed by atoms with Crippen molar-refractivity contribution in [2.75, 3.05) is 5.75 Å². The van der Waals surface area contributed by atoms with Crippen molar-refractivity contribution < 1.29 is 32.8 Å². The van der Waals surface area contributed by atoms with Gasteiger partial charge >= 0.3 is 5.97 Å². The highest BCUT2D eigenvalue weighted by Gasteiger charge is 2.61. The molecule has 134 valence electrons. The van der Waals surface area contributed by atoms with Crippen LogP contribution in [0, 0.1) is 0 Å². The van der Waals surface area contributed by atoms with Crippen molar-refractivity contribution in [3.05, 3.63) is 33.7 Å². The number of hydrogen-bond donors (Lipinski definition) is 2. The fourth-order valence-corrected chi connectivity index (χ4v) is 5.14.